The first-order chi connectivity index (χ1) is 9.83. The molecule has 8 heteroatoms. The molecule has 0 aliphatic carbocycles. The Labute approximate surface area is 119 Å². The Balaban J connectivity index is 2.44. The van der Waals surface area contributed by atoms with Crippen LogP contribution in [0.1, 0.15) is 5.56 Å². The zero-order chi connectivity index (χ0) is 15.6. The van der Waals surface area contributed by atoms with E-state index in [1.165, 1.54) is 0 Å². The number of sulfonamides is 1. The van der Waals surface area contributed by atoms with Crippen molar-refractivity contribution in [2.75, 3.05) is 4.72 Å². The molecule has 0 radical (unpaired) electrons. The van der Waals surface area contributed by atoms with Crippen molar-refractivity contribution >= 4 is 15.7 Å². The number of hydrogen-bond acceptors (Lipinski definition) is 3. The zero-order valence-corrected chi connectivity index (χ0v) is 11.4. The maximum atomic E-state index is 13.7. The van der Waals surface area contributed by atoms with Crippen molar-refractivity contribution in [3.8, 4) is 0 Å². The lowest BCUT2D eigenvalue weighted by Gasteiger charge is -2.10. The van der Waals surface area contributed by atoms with Crippen LogP contribution in [0.15, 0.2) is 41.3 Å². The van der Waals surface area contributed by atoms with Crippen LogP contribution in [0.2, 0.25) is 0 Å². The molecule has 0 saturated heterocycles. The molecule has 0 aromatic heterocycles. The fraction of sp³-hybridized carbons (Fsp3) is 0.0769. The molecule has 0 amide bonds. The second kappa shape index (κ2) is 5.74. The van der Waals surface area contributed by atoms with Gasteiger partial charge in [-0.2, -0.15) is 0 Å². The summed E-state index contributed by atoms with van der Waals surface area (Å²) in [5.41, 5.74) is 5.46. The molecule has 4 nitrogen and oxygen atoms in total. The SMILES string of the molecule is NCc1cc(F)c(F)c(S(=O)(=O)Nc2ccc(F)cc2)c1. The smallest absolute Gasteiger partial charge is 0.264 e. The van der Waals surface area contributed by atoms with Crippen molar-refractivity contribution in [3.05, 3.63) is 59.4 Å². The predicted molar refractivity (Wildman–Crippen MR) is 71.5 cm³/mol. The van der Waals surface area contributed by atoms with E-state index in [-0.39, 0.29) is 17.8 Å². The number of hydrogen-bond donors (Lipinski definition) is 2. The minimum atomic E-state index is -4.35. The minimum absolute atomic E-state index is 0.0226. The number of benzene rings is 2. The Kier molecular flexibility index (Phi) is 4.19. The van der Waals surface area contributed by atoms with Crippen molar-refractivity contribution < 1.29 is 21.6 Å². The molecule has 0 unspecified atom stereocenters. The van der Waals surface area contributed by atoms with Crippen LogP contribution in [-0.4, -0.2) is 8.42 Å². The molecule has 112 valence electrons. The van der Waals surface area contributed by atoms with Crippen LogP contribution in [0.25, 0.3) is 0 Å². The Morgan fingerprint density at radius 2 is 1.67 bits per heavy atom. The average molecular weight is 316 g/mol. The average Bonchev–Trinajstić information content (AvgIpc) is 2.43. The van der Waals surface area contributed by atoms with Gasteiger partial charge in [0.2, 0.25) is 0 Å². The second-order valence-electron chi connectivity index (χ2n) is 4.21. The summed E-state index contributed by atoms with van der Waals surface area (Å²) in [5, 5.41) is 0. The summed E-state index contributed by atoms with van der Waals surface area (Å²) in [4.78, 5) is -0.854. The number of anilines is 1. The van der Waals surface area contributed by atoms with E-state index in [0.717, 1.165) is 36.4 Å². The van der Waals surface area contributed by atoms with E-state index >= 15 is 0 Å². The number of nitrogens with one attached hydrogen (secondary N) is 1. The first kappa shape index (κ1) is 15.3. The van der Waals surface area contributed by atoms with Crippen molar-refractivity contribution in [3.63, 3.8) is 0 Å². The van der Waals surface area contributed by atoms with E-state index < -0.39 is 32.4 Å². The van der Waals surface area contributed by atoms with Gasteiger partial charge in [0.05, 0.1) is 0 Å². The lowest BCUT2D eigenvalue weighted by molar-refractivity contribution is 0.483. The van der Waals surface area contributed by atoms with Crippen LogP contribution in [0, 0.1) is 17.5 Å². The predicted octanol–water partition coefficient (Wildman–Crippen LogP) is 2.36. The van der Waals surface area contributed by atoms with E-state index in [2.05, 4.69) is 0 Å². The third kappa shape index (κ3) is 3.34. The maximum absolute atomic E-state index is 13.7. The normalized spacial score (nSPS) is 11.4. The zero-order valence-electron chi connectivity index (χ0n) is 10.6. The fourth-order valence-corrected chi connectivity index (χ4v) is 2.85. The lowest BCUT2D eigenvalue weighted by atomic mass is 10.2. The molecule has 0 saturated carbocycles. The second-order valence-corrected chi connectivity index (χ2v) is 5.86. The topological polar surface area (TPSA) is 72.2 Å². The monoisotopic (exact) mass is 316 g/mol. The van der Waals surface area contributed by atoms with Crippen LogP contribution in [0.5, 0.6) is 0 Å². The highest BCUT2D eigenvalue weighted by atomic mass is 32.2. The summed E-state index contributed by atoms with van der Waals surface area (Å²) < 4.78 is 66.0. The van der Waals surface area contributed by atoms with E-state index in [1.807, 2.05) is 4.72 Å². The lowest BCUT2D eigenvalue weighted by Crippen LogP contribution is -2.16. The summed E-state index contributed by atoms with van der Waals surface area (Å²) in [6.07, 6.45) is 0. The molecule has 0 spiro atoms. The highest BCUT2D eigenvalue weighted by Gasteiger charge is 2.23. The highest BCUT2D eigenvalue weighted by molar-refractivity contribution is 7.92. The summed E-state index contributed by atoms with van der Waals surface area (Å²) in [5.74, 6) is -3.36. The van der Waals surface area contributed by atoms with Gasteiger partial charge >= 0.3 is 0 Å². The van der Waals surface area contributed by atoms with Crippen LogP contribution in [0.4, 0.5) is 18.9 Å². The van der Waals surface area contributed by atoms with Gasteiger partial charge in [0, 0.05) is 12.2 Å². The molecule has 2 aromatic rings. The molecule has 0 bridgehead atoms. The van der Waals surface area contributed by atoms with Gasteiger partial charge in [-0.15, -0.1) is 0 Å². The molecule has 2 rings (SSSR count). The van der Waals surface area contributed by atoms with Gasteiger partial charge in [-0.1, -0.05) is 0 Å². The largest absolute Gasteiger partial charge is 0.326 e. The number of halogens is 3. The fourth-order valence-electron chi connectivity index (χ4n) is 1.66. The summed E-state index contributed by atoms with van der Waals surface area (Å²) in [7, 11) is -4.35. The minimum Gasteiger partial charge on any atom is -0.326 e. The first-order valence-corrected chi connectivity index (χ1v) is 7.28. The Bertz CT molecular complexity index is 762. The van der Waals surface area contributed by atoms with E-state index in [9.17, 15) is 21.6 Å². The molecule has 0 atom stereocenters. The van der Waals surface area contributed by atoms with Crippen molar-refractivity contribution in [2.24, 2.45) is 5.73 Å². The van der Waals surface area contributed by atoms with Gasteiger partial charge in [0.25, 0.3) is 10.0 Å². The van der Waals surface area contributed by atoms with Crippen molar-refractivity contribution in [1.82, 2.24) is 0 Å². The molecule has 0 aliphatic heterocycles. The number of nitrogens with two attached hydrogens (primary N) is 1. The molecule has 3 N–H and O–H groups in total. The van der Waals surface area contributed by atoms with Gasteiger partial charge in [0.1, 0.15) is 10.7 Å². The number of rotatable bonds is 4. The third-order valence-corrected chi connectivity index (χ3v) is 4.06. The summed E-state index contributed by atoms with van der Waals surface area (Å²) in [6, 6.07) is 6.16. The van der Waals surface area contributed by atoms with E-state index in [0.29, 0.717) is 0 Å². The van der Waals surface area contributed by atoms with E-state index in [4.69, 9.17) is 5.73 Å². The molecule has 21 heavy (non-hydrogen) atoms. The van der Waals surface area contributed by atoms with Crippen molar-refractivity contribution in [2.45, 2.75) is 11.4 Å². The van der Waals surface area contributed by atoms with Gasteiger partial charge in [-0.3, -0.25) is 4.72 Å². The Morgan fingerprint density at radius 3 is 2.24 bits per heavy atom. The maximum Gasteiger partial charge on any atom is 0.264 e. The Morgan fingerprint density at radius 1 is 1.05 bits per heavy atom. The molecular weight excluding hydrogens is 305 g/mol. The van der Waals surface area contributed by atoms with Crippen LogP contribution < -0.4 is 10.5 Å². The van der Waals surface area contributed by atoms with Crippen LogP contribution in [-0.2, 0) is 16.6 Å². The third-order valence-electron chi connectivity index (χ3n) is 2.68. The quantitative estimate of drug-likeness (QED) is 0.909. The Hall–Kier alpha value is -2.06. The highest BCUT2D eigenvalue weighted by Crippen LogP contribution is 2.22. The van der Waals surface area contributed by atoms with E-state index in [1.54, 1.807) is 0 Å². The summed E-state index contributed by atoms with van der Waals surface area (Å²) >= 11 is 0. The van der Waals surface area contributed by atoms with Gasteiger partial charge in [-0.05, 0) is 42.0 Å². The molecule has 0 heterocycles. The van der Waals surface area contributed by atoms with Crippen LogP contribution >= 0.6 is 0 Å². The van der Waals surface area contributed by atoms with Crippen LogP contribution in [0.3, 0.4) is 0 Å². The molecular formula is C13H11F3N2O2S. The molecule has 0 aliphatic rings. The van der Waals surface area contributed by atoms with Gasteiger partial charge in [0.15, 0.2) is 11.6 Å². The first-order valence-electron chi connectivity index (χ1n) is 5.80. The molecule has 0 fully saturated rings. The van der Waals surface area contributed by atoms with Crippen molar-refractivity contribution in [1.29, 1.82) is 0 Å². The summed E-state index contributed by atoms with van der Waals surface area (Å²) in [6.45, 7) is -0.143. The standard InChI is InChI=1S/C13H11F3N2O2S/c14-9-1-3-10(4-2-9)18-21(19,20)12-6-8(7-17)5-11(15)13(12)16/h1-6,18H,7,17H2. The molecule has 2 aromatic carbocycles. The van der Waals surface area contributed by atoms with Gasteiger partial charge in [-0.25, -0.2) is 21.6 Å². The van der Waals surface area contributed by atoms with Gasteiger partial charge < -0.3 is 5.73 Å².